The Morgan fingerprint density at radius 1 is 1.63 bits per heavy atom. The molecule has 1 N–H and O–H groups in total. The van der Waals surface area contributed by atoms with Gasteiger partial charge in [0.05, 0.1) is 7.11 Å². The molecule has 1 atom stereocenters. The van der Waals surface area contributed by atoms with Crippen LogP contribution in [0.5, 0.6) is 0 Å². The molecule has 1 aromatic carbocycles. The third-order valence-corrected chi connectivity index (χ3v) is 2.61. The Hall–Kier alpha value is -2.11. The summed E-state index contributed by atoms with van der Waals surface area (Å²) in [7, 11) is 1.26. The standard InChI is InChI=1S/C12H15FN4O2/c1-8-3-4-9(13)7-10(8)11(12(18)19-2)15-5-6-16-17-14/h3-4,7,11,15H,5-6H2,1-2H3. The van der Waals surface area contributed by atoms with Crippen LogP contribution < -0.4 is 5.32 Å². The predicted molar refractivity (Wildman–Crippen MR) is 67.9 cm³/mol. The van der Waals surface area contributed by atoms with Crippen LogP contribution in [-0.4, -0.2) is 26.2 Å². The van der Waals surface area contributed by atoms with Gasteiger partial charge in [-0.3, -0.25) is 0 Å². The summed E-state index contributed by atoms with van der Waals surface area (Å²) in [6.07, 6.45) is 0. The first-order valence-electron chi connectivity index (χ1n) is 5.68. The molecule has 7 heteroatoms. The number of benzene rings is 1. The first-order valence-corrected chi connectivity index (χ1v) is 5.68. The Balaban J connectivity index is 2.92. The molecular formula is C12H15FN4O2. The first-order chi connectivity index (χ1) is 9.10. The van der Waals surface area contributed by atoms with Crippen molar-refractivity contribution in [2.24, 2.45) is 5.11 Å². The molecule has 1 rings (SSSR count). The molecule has 1 unspecified atom stereocenters. The van der Waals surface area contributed by atoms with Crippen molar-refractivity contribution < 1.29 is 13.9 Å². The summed E-state index contributed by atoms with van der Waals surface area (Å²) < 4.78 is 18.0. The number of nitrogens with zero attached hydrogens (tertiary/aromatic N) is 3. The van der Waals surface area contributed by atoms with Crippen LogP contribution in [0.2, 0.25) is 0 Å². The molecule has 0 bridgehead atoms. The third-order valence-electron chi connectivity index (χ3n) is 2.61. The number of nitrogens with one attached hydrogen (secondary N) is 1. The average Bonchev–Trinajstić information content (AvgIpc) is 2.41. The van der Waals surface area contributed by atoms with Crippen LogP contribution >= 0.6 is 0 Å². The van der Waals surface area contributed by atoms with E-state index in [2.05, 4.69) is 15.3 Å². The molecule has 1 aromatic rings. The van der Waals surface area contributed by atoms with Crippen LogP contribution in [0.3, 0.4) is 0 Å². The Bertz CT molecular complexity index is 501. The molecule has 0 aromatic heterocycles. The molecule has 0 saturated carbocycles. The molecule has 102 valence electrons. The quantitative estimate of drug-likeness (QED) is 0.281. The summed E-state index contributed by atoms with van der Waals surface area (Å²) in [5.74, 6) is -0.944. The molecule has 0 heterocycles. The number of hydrogen-bond acceptors (Lipinski definition) is 4. The number of aryl methyl sites for hydroxylation is 1. The Morgan fingerprint density at radius 3 is 3.00 bits per heavy atom. The fourth-order valence-electron chi connectivity index (χ4n) is 1.66. The highest BCUT2D eigenvalue weighted by Gasteiger charge is 2.22. The lowest BCUT2D eigenvalue weighted by Crippen LogP contribution is -2.32. The molecule has 0 aliphatic heterocycles. The maximum Gasteiger partial charge on any atom is 0.327 e. The number of methoxy groups -OCH3 is 1. The fraction of sp³-hybridized carbons (Fsp3) is 0.417. The lowest BCUT2D eigenvalue weighted by atomic mass is 10.0. The SMILES string of the molecule is COC(=O)C(NCCN=[N+]=[N-])c1cc(F)ccc1C. The number of halogens is 1. The zero-order chi connectivity index (χ0) is 14.3. The molecule has 0 saturated heterocycles. The van der Waals surface area contributed by atoms with Crippen LogP contribution in [0.4, 0.5) is 4.39 Å². The van der Waals surface area contributed by atoms with Crippen LogP contribution in [0.1, 0.15) is 17.2 Å². The lowest BCUT2D eigenvalue weighted by molar-refractivity contribution is -0.143. The van der Waals surface area contributed by atoms with Gasteiger partial charge in [-0.05, 0) is 35.7 Å². The van der Waals surface area contributed by atoms with Crippen LogP contribution in [0.25, 0.3) is 10.4 Å². The molecule has 0 aliphatic carbocycles. The molecule has 0 radical (unpaired) electrons. The summed E-state index contributed by atoms with van der Waals surface area (Å²) in [6, 6.07) is 3.43. The van der Waals surface area contributed by atoms with Gasteiger partial charge >= 0.3 is 5.97 Å². The van der Waals surface area contributed by atoms with Gasteiger partial charge in [0.2, 0.25) is 0 Å². The minimum Gasteiger partial charge on any atom is -0.468 e. The number of carbonyl (C=O) groups excluding carboxylic acids is 1. The van der Waals surface area contributed by atoms with Gasteiger partial charge in [0.1, 0.15) is 11.9 Å². The van der Waals surface area contributed by atoms with E-state index in [1.54, 1.807) is 13.0 Å². The van der Waals surface area contributed by atoms with Crippen molar-refractivity contribution in [1.82, 2.24) is 5.32 Å². The van der Waals surface area contributed by atoms with Crippen molar-refractivity contribution in [3.05, 3.63) is 45.6 Å². The molecule has 6 nitrogen and oxygen atoms in total. The van der Waals surface area contributed by atoms with E-state index in [-0.39, 0.29) is 6.54 Å². The van der Waals surface area contributed by atoms with Gasteiger partial charge in [-0.1, -0.05) is 11.2 Å². The van der Waals surface area contributed by atoms with Gasteiger partial charge in [-0.25, -0.2) is 9.18 Å². The van der Waals surface area contributed by atoms with Crippen molar-refractivity contribution in [2.75, 3.05) is 20.2 Å². The summed E-state index contributed by atoms with van der Waals surface area (Å²) >= 11 is 0. The van der Waals surface area contributed by atoms with Crippen molar-refractivity contribution >= 4 is 5.97 Å². The maximum atomic E-state index is 13.3. The summed E-state index contributed by atoms with van der Waals surface area (Å²) in [5.41, 5.74) is 9.45. The monoisotopic (exact) mass is 266 g/mol. The number of rotatable bonds is 6. The van der Waals surface area contributed by atoms with Gasteiger partial charge in [-0.15, -0.1) is 0 Å². The van der Waals surface area contributed by atoms with E-state index in [9.17, 15) is 9.18 Å². The van der Waals surface area contributed by atoms with Gasteiger partial charge in [0.25, 0.3) is 0 Å². The van der Waals surface area contributed by atoms with Crippen molar-refractivity contribution in [3.8, 4) is 0 Å². The summed E-state index contributed by atoms with van der Waals surface area (Å²) in [5, 5.41) is 6.24. The topological polar surface area (TPSA) is 87.1 Å². The van der Waals surface area contributed by atoms with Crippen LogP contribution in [0, 0.1) is 12.7 Å². The third kappa shape index (κ3) is 4.24. The van der Waals surface area contributed by atoms with E-state index in [1.807, 2.05) is 0 Å². The van der Waals surface area contributed by atoms with Crippen LogP contribution in [0.15, 0.2) is 23.3 Å². The second-order valence-electron chi connectivity index (χ2n) is 3.87. The highest BCUT2D eigenvalue weighted by atomic mass is 19.1. The molecule has 19 heavy (non-hydrogen) atoms. The number of ether oxygens (including phenoxy) is 1. The number of azide groups is 1. The van der Waals surface area contributed by atoms with Crippen molar-refractivity contribution in [2.45, 2.75) is 13.0 Å². The first kappa shape index (κ1) is 14.9. The highest BCUT2D eigenvalue weighted by Crippen LogP contribution is 2.20. The van der Waals surface area contributed by atoms with E-state index in [1.165, 1.54) is 19.2 Å². The van der Waals surface area contributed by atoms with Gasteiger partial charge in [-0.2, -0.15) is 0 Å². The number of hydrogen-bond donors (Lipinski definition) is 1. The van der Waals surface area contributed by atoms with Crippen molar-refractivity contribution in [1.29, 1.82) is 0 Å². The van der Waals surface area contributed by atoms with Gasteiger partial charge < -0.3 is 10.1 Å². The molecule has 0 aliphatic rings. The van der Waals surface area contributed by atoms with Crippen LogP contribution in [-0.2, 0) is 9.53 Å². The molecule has 0 amide bonds. The predicted octanol–water partition coefficient (Wildman–Crippen LogP) is 2.25. The maximum absolute atomic E-state index is 13.3. The zero-order valence-electron chi connectivity index (χ0n) is 10.8. The minimum absolute atomic E-state index is 0.193. The van der Waals surface area contributed by atoms with Gasteiger partial charge in [0.15, 0.2) is 0 Å². The Morgan fingerprint density at radius 2 is 2.37 bits per heavy atom. The Kier molecular flexibility index (Phi) is 5.78. The minimum atomic E-state index is -0.783. The number of carbonyl (C=O) groups is 1. The van der Waals surface area contributed by atoms with Gasteiger partial charge in [0, 0.05) is 18.0 Å². The Labute approximate surface area is 110 Å². The largest absolute Gasteiger partial charge is 0.468 e. The lowest BCUT2D eigenvalue weighted by Gasteiger charge is -2.18. The highest BCUT2D eigenvalue weighted by molar-refractivity contribution is 5.78. The molecule has 0 fully saturated rings. The van der Waals surface area contributed by atoms with Crippen molar-refractivity contribution in [3.63, 3.8) is 0 Å². The van der Waals surface area contributed by atoms with E-state index in [0.717, 1.165) is 5.56 Å². The normalized spacial score (nSPS) is 11.5. The smallest absolute Gasteiger partial charge is 0.327 e. The zero-order valence-corrected chi connectivity index (χ0v) is 10.8. The fourth-order valence-corrected chi connectivity index (χ4v) is 1.66. The van der Waals surface area contributed by atoms with E-state index in [0.29, 0.717) is 12.1 Å². The second kappa shape index (κ2) is 7.35. The summed E-state index contributed by atoms with van der Waals surface area (Å²) in [6.45, 7) is 2.26. The molecular weight excluding hydrogens is 251 g/mol. The van der Waals surface area contributed by atoms with E-state index < -0.39 is 17.8 Å². The number of esters is 1. The summed E-state index contributed by atoms with van der Waals surface area (Å²) in [4.78, 5) is 14.3. The van der Waals surface area contributed by atoms with E-state index >= 15 is 0 Å². The van der Waals surface area contributed by atoms with E-state index in [4.69, 9.17) is 10.3 Å². The second-order valence-corrected chi connectivity index (χ2v) is 3.87. The average molecular weight is 266 g/mol. The molecule has 0 spiro atoms.